The molecule has 0 fully saturated rings. The Morgan fingerprint density at radius 3 is 2.56 bits per heavy atom. The summed E-state index contributed by atoms with van der Waals surface area (Å²) in [5.41, 5.74) is 2.89. The zero-order chi connectivity index (χ0) is 17.8. The van der Waals surface area contributed by atoms with Gasteiger partial charge in [0.2, 0.25) is 0 Å². The maximum atomic E-state index is 12.8. The Kier molecular flexibility index (Phi) is 5.51. The van der Waals surface area contributed by atoms with Crippen molar-refractivity contribution in [3.05, 3.63) is 70.7 Å². The maximum Gasteiger partial charge on any atom is 0.257 e. The van der Waals surface area contributed by atoms with Crippen LogP contribution in [0.4, 0.5) is 0 Å². The molecular weight excluding hydrogens is 334 g/mol. The molecule has 130 valence electrons. The number of likely N-dealkylation sites (N-methyl/N-ethyl adjacent to an activating group) is 1. The van der Waals surface area contributed by atoms with Gasteiger partial charge in [0.05, 0.1) is 18.3 Å². The van der Waals surface area contributed by atoms with Crippen molar-refractivity contribution in [2.24, 2.45) is 5.10 Å². The summed E-state index contributed by atoms with van der Waals surface area (Å²) in [6, 6.07) is 17.5. The van der Waals surface area contributed by atoms with Crippen molar-refractivity contribution >= 4 is 23.2 Å². The fourth-order valence-electron chi connectivity index (χ4n) is 2.95. The topological polar surface area (TPSA) is 35.9 Å². The van der Waals surface area contributed by atoms with Gasteiger partial charge in [-0.1, -0.05) is 67.1 Å². The number of halogens is 1. The molecule has 2 aromatic rings. The van der Waals surface area contributed by atoms with Crippen LogP contribution < -0.4 is 0 Å². The third-order valence-corrected chi connectivity index (χ3v) is 4.83. The molecule has 0 N–H and O–H groups in total. The van der Waals surface area contributed by atoms with Crippen molar-refractivity contribution in [2.75, 3.05) is 20.1 Å². The highest BCUT2D eigenvalue weighted by Crippen LogP contribution is 2.36. The van der Waals surface area contributed by atoms with Crippen LogP contribution in [0, 0.1) is 0 Å². The molecule has 25 heavy (non-hydrogen) atoms. The van der Waals surface area contributed by atoms with Crippen LogP contribution in [-0.2, 0) is 4.79 Å². The van der Waals surface area contributed by atoms with E-state index in [2.05, 4.69) is 5.10 Å². The molecule has 1 atom stereocenters. The van der Waals surface area contributed by atoms with Crippen molar-refractivity contribution in [2.45, 2.75) is 19.4 Å². The molecule has 2 aromatic carbocycles. The highest BCUT2D eigenvalue weighted by atomic mass is 35.5. The first-order chi connectivity index (χ1) is 12.1. The van der Waals surface area contributed by atoms with Gasteiger partial charge in [0, 0.05) is 11.4 Å². The normalized spacial score (nSPS) is 17.0. The third-order valence-electron chi connectivity index (χ3n) is 4.48. The zero-order valence-electron chi connectivity index (χ0n) is 14.5. The molecule has 1 unspecified atom stereocenters. The minimum absolute atomic E-state index is 0.0137. The Labute approximate surface area is 153 Å². The minimum atomic E-state index is -0.165. The Bertz CT molecular complexity index is 776. The fourth-order valence-corrected chi connectivity index (χ4v) is 3.21. The van der Waals surface area contributed by atoms with Crippen LogP contribution in [0.2, 0.25) is 5.02 Å². The summed E-state index contributed by atoms with van der Waals surface area (Å²) in [4.78, 5) is 14.8. The second kappa shape index (κ2) is 7.81. The summed E-state index contributed by atoms with van der Waals surface area (Å²) < 4.78 is 0. The van der Waals surface area contributed by atoms with Crippen LogP contribution in [0.3, 0.4) is 0 Å². The van der Waals surface area contributed by atoms with Gasteiger partial charge in [0.15, 0.2) is 0 Å². The lowest BCUT2D eigenvalue weighted by atomic mass is 9.98. The van der Waals surface area contributed by atoms with Crippen molar-refractivity contribution in [1.82, 2.24) is 9.91 Å². The quantitative estimate of drug-likeness (QED) is 0.813. The molecule has 1 aliphatic heterocycles. The Morgan fingerprint density at radius 1 is 1.20 bits per heavy atom. The SMILES string of the molecule is CCN(C)CC(=O)N1N=C(c2ccccc2)CC1c1ccccc1Cl. The van der Waals surface area contributed by atoms with Crippen LogP contribution in [-0.4, -0.2) is 41.7 Å². The standard InChI is InChI=1S/C20H22ClN3O/c1-3-23(2)14-20(25)24-19(16-11-7-8-12-17(16)21)13-18(22-24)15-9-5-4-6-10-15/h4-12,19H,3,13-14H2,1-2H3. The monoisotopic (exact) mass is 355 g/mol. The van der Waals surface area contributed by atoms with Crippen LogP contribution in [0.15, 0.2) is 59.7 Å². The maximum absolute atomic E-state index is 12.8. The van der Waals surface area contributed by atoms with E-state index in [-0.39, 0.29) is 11.9 Å². The van der Waals surface area contributed by atoms with E-state index in [1.54, 1.807) is 5.01 Å². The molecule has 0 saturated heterocycles. The van der Waals surface area contributed by atoms with Gasteiger partial charge in [0.1, 0.15) is 0 Å². The highest BCUT2D eigenvalue weighted by Gasteiger charge is 2.34. The van der Waals surface area contributed by atoms with Crippen molar-refractivity contribution in [1.29, 1.82) is 0 Å². The van der Waals surface area contributed by atoms with Crippen molar-refractivity contribution in [3.63, 3.8) is 0 Å². The van der Waals surface area contributed by atoms with Crippen LogP contribution in [0.1, 0.15) is 30.5 Å². The van der Waals surface area contributed by atoms with Crippen LogP contribution in [0.5, 0.6) is 0 Å². The van der Waals surface area contributed by atoms with Crippen LogP contribution >= 0.6 is 11.6 Å². The molecule has 0 radical (unpaired) electrons. The second-order valence-electron chi connectivity index (χ2n) is 6.22. The fraction of sp³-hybridized carbons (Fsp3) is 0.300. The molecule has 4 nitrogen and oxygen atoms in total. The molecule has 0 saturated carbocycles. The first-order valence-electron chi connectivity index (χ1n) is 8.48. The number of carbonyl (C=O) groups excluding carboxylic acids is 1. The Hall–Kier alpha value is -2.17. The summed E-state index contributed by atoms with van der Waals surface area (Å²) in [7, 11) is 1.93. The van der Waals surface area contributed by atoms with E-state index in [1.165, 1.54) is 0 Å². The molecule has 1 aliphatic rings. The van der Waals surface area contributed by atoms with Gasteiger partial charge in [-0.25, -0.2) is 5.01 Å². The van der Waals surface area contributed by atoms with Gasteiger partial charge in [0.25, 0.3) is 5.91 Å². The summed E-state index contributed by atoms with van der Waals surface area (Å²) in [5.74, 6) is -0.0137. The predicted octanol–water partition coefficient (Wildman–Crippen LogP) is 3.97. The summed E-state index contributed by atoms with van der Waals surface area (Å²) >= 11 is 6.40. The number of hydrogen-bond acceptors (Lipinski definition) is 3. The second-order valence-corrected chi connectivity index (χ2v) is 6.63. The lowest BCUT2D eigenvalue weighted by Crippen LogP contribution is -2.36. The van der Waals surface area contributed by atoms with Gasteiger partial charge < -0.3 is 0 Å². The van der Waals surface area contributed by atoms with E-state index in [9.17, 15) is 4.79 Å². The van der Waals surface area contributed by atoms with E-state index < -0.39 is 0 Å². The van der Waals surface area contributed by atoms with Gasteiger partial charge in [-0.3, -0.25) is 9.69 Å². The van der Waals surface area contributed by atoms with Gasteiger partial charge in [-0.15, -0.1) is 0 Å². The summed E-state index contributed by atoms with van der Waals surface area (Å²) in [5, 5.41) is 6.93. The largest absolute Gasteiger partial charge is 0.298 e. The van der Waals surface area contributed by atoms with E-state index in [0.717, 1.165) is 23.4 Å². The van der Waals surface area contributed by atoms with Crippen LogP contribution in [0.25, 0.3) is 0 Å². The van der Waals surface area contributed by atoms with Gasteiger partial charge in [-0.05, 0) is 30.8 Å². The molecule has 3 rings (SSSR count). The average Bonchev–Trinajstić information content (AvgIpc) is 3.08. The zero-order valence-corrected chi connectivity index (χ0v) is 15.3. The number of carbonyl (C=O) groups is 1. The number of hydrogen-bond donors (Lipinski definition) is 0. The number of benzene rings is 2. The van der Waals surface area contributed by atoms with Crippen molar-refractivity contribution in [3.8, 4) is 0 Å². The molecule has 1 heterocycles. The first kappa shape index (κ1) is 17.6. The molecule has 0 aliphatic carbocycles. The smallest absolute Gasteiger partial charge is 0.257 e. The minimum Gasteiger partial charge on any atom is -0.298 e. The lowest BCUT2D eigenvalue weighted by Gasteiger charge is -2.24. The lowest BCUT2D eigenvalue weighted by molar-refractivity contribution is -0.133. The molecule has 5 heteroatoms. The third kappa shape index (κ3) is 3.91. The summed E-state index contributed by atoms with van der Waals surface area (Å²) in [6.45, 7) is 3.18. The van der Waals surface area contributed by atoms with E-state index in [1.807, 2.05) is 73.5 Å². The van der Waals surface area contributed by atoms with Gasteiger partial charge in [-0.2, -0.15) is 5.10 Å². The number of nitrogens with zero attached hydrogens (tertiary/aromatic N) is 3. The van der Waals surface area contributed by atoms with E-state index in [4.69, 9.17) is 11.6 Å². The molecule has 0 spiro atoms. The van der Waals surface area contributed by atoms with Gasteiger partial charge >= 0.3 is 0 Å². The first-order valence-corrected chi connectivity index (χ1v) is 8.86. The summed E-state index contributed by atoms with van der Waals surface area (Å²) in [6.07, 6.45) is 0.662. The Morgan fingerprint density at radius 2 is 1.88 bits per heavy atom. The van der Waals surface area contributed by atoms with E-state index in [0.29, 0.717) is 18.0 Å². The molecule has 0 bridgehead atoms. The van der Waals surface area contributed by atoms with Crippen molar-refractivity contribution < 1.29 is 4.79 Å². The number of amides is 1. The molecule has 1 amide bonds. The molecule has 0 aromatic heterocycles. The predicted molar refractivity (Wildman–Crippen MR) is 102 cm³/mol. The average molecular weight is 356 g/mol. The molecular formula is C20H22ClN3O. The number of rotatable bonds is 5. The number of hydrazone groups is 1. The highest BCUT2D eigenvalue weighted by molar-refractivity contribution is 6.31. The Balaban J connectivity index is 1.94. The van der Waals surface area contributed by atoms with E-state index >= 15 is 0 Å².